The van der Waals surface area contributed by atoms with Crippen molar-refractivity contribution in [3.8, 4) is 0 Å². The minimum absolute atomic E-state index is 0.0358. The molecule has 2 rings (SSSR count). The van der Waals surface area contributed by atoms with Crippen LogP contribution in [0, 0.1) is 10.1 Å². The van der Waals surface area contributed by atoms with Crippen molar-refractivity contribution < 1.29 is 9.72 Å². The summed E-state index contributed by atoms with van der Waals surface area (Å²) in [6, 6.07) is 4.68. The Kier molecular flexibility index (Phi) is 5.14. The summed E-state index contributed by atoms with van der Waals surface area (Å²) >= 11 is 0. The summed E-state index contributed by atoms with van der Waals surface area (Å²) in [6.07, 6.45) is 4.03. The van der Waals surface area contributed by atoms with Crippen molar-refractivity contribution in [2.75, 3.05) is 25.0 Å². The van der Waals surface area contributed by atoms with Gasteiger partial charge in [0.05, 0.1) is 4.92 Å². The van der Waals surface area contributed by atoms with Crippen LogP contribution in [0.4, 0.5) is 11.4 Å². The molecule has 0 saturated carbocycles. The number of hydrogen-bond acceptors (Lipinski definition) is 4. The van der Waals surface area contributed by atoms with E-state index in [-0.39, 0.29) is 11.6 Å². The van der Waals surface area contributed by atoms with Gasteiger partial charge >= 0.3 is 0 Å². The van der Waals surface area contributed by atoms with E-state index in [0.29, 0.717) is 17.8 Å². The summed E-state index contributed by atoms with van der Waals surface area (Å²) < 4.78 is 0. The van der Waals surface area contributed by atoms with Gasteiger partial charge in [-0.2, -0.15) is 0 Å². The van der Waals surface area contributed by atoms with E-state index in [1.807, 2.05) is 6.92 Å². The van der Waals surface area contributed by atoms with Gasteiger partial charge in [0, 0.05) is 31.3 Å². The molecule has 1 amide bonds. The average molecular weight is 291 g/mol. The van der Waals surface area contributed by atoms with Crippen LogP contribution in [0.1, 0.15) is 43.0 Å². The molecule has 0 unspecified atom stereocenters. The highest BCUT2D eigenvalue weighted by Crippen LogP contribution is 2.26. The van der Waals surface area contributed by atoms with Crippen molar-refractivity contribution in [3.63, 3.8) is 0 Å². The molecule has 0 aliphatic carbocycles. The van der Waals surface area contributed by atoms with Gasteiger partial charge in [0.2, 0.25) is 0 Å². The van der Waals surface area contributed by atoms with Crippen molar-refractivity contribution >= 4 is 17.3 Å². The first-order chi connectivity index (χ1) is 10.1. The molecule has 0 radical (unpaired) electrons. The smallest absolute Gasteiger partial charge is 0.293 e. The van der Waals surface area contributed by atoms with E-state index < -0.39 is 4.92 Å². The molecule has 1 aliphatic heterocycles. The van der Waals surface area contributed by atoms with Crippen molar-refractivity contribution in [1.29, 1.82) is 0 Å². The van der Waals surface area contributed by atoms with Gasteiger partial charge in [-0.05, 0) is 37.8 Å². The van der Waals surface area contributed by atoms with Crippen LogP contribution in [0.3, 0.4) is 0 Å². The Balaban J connectivity index is 2.22. The maximum atomic E-state index is 12.4. The number of likely N-dealkylation sites (tertiary alicyclic amines) is 1. The molecule has 6 heteroatoms. The predicted molar refractivity (Wildman–Crippen MR) is 81.6 cm³/mol. The van der Waals surface area contributed by atoms with Crippen LogP contribution in [-0.4, -0.2) is 35.4 Å². The molecular formula is C15H21N3O3. The average Bonchev–Trinajstić information content (AvgIpc) is 2.52. The number of amides is 1. The van der Waals surface area contributed by atoms with Crippen LogP contribution < -0.4 is 5.32 Å². The molecule has 1 saturated heterocycles. The Morgan fingerprint density at radius 1 is 1.33 bits per heavy atom. The third-order valence-electron chi connectivity index (χ3n) is 3.65. The molecule has 1 aromatic carbocycles. The second-order valence-electron chi connectivity index (χ2n) is 5.27. The van der Waals surface area contributed by atoms with E-state index in [1.54, 1.807) is 17.0 Å². The number of piperidine rings is 1. The van der Waals surface area contributed by atoms with E-state index in [4.69, 9.17) is 0 Å². The summed E-state index contributed by atoms with van der Waals surface area (Å²) in [7, 11) is 0. The zero-order valence-electron chi connectivity index (χ0n) is 12.3. The monoisotopic (exact) mass is 291 g/mol. The number of rotatable bonds is 5. The highest BCUT2D eigenvalue weighted by molar-refractivity contribution is 5.95. The van der Waals surface area contributed by atoms with Crippen LogP contribution in [0.15, 0.2) is 18.2 Å². The zero-order chi connectivity index (χ0) is 15.2. The van der Waals surface area contributed by atoms with Crippen LogP contribution in [0.5, 0.6) is 0 Å². The molecule has 114 valence electrons. The van der Waals surface area contributed by atoms with Crippen molar-refractivity contribution in [3.05, 3.63) is 33.9 Å². The number of carbonyl (C=O) groups is 1. The molecule has 1 fully saturated rings. The molecule has 0 atom stereocenters. The number of benzene rings is 1. The van der Waals surface area contributed by atoms with E-state index in [1.165, 1.54) is 6.07 Å². The van der Waals surface area contributed by atoms with E-state index in [0.717, 1.165) is 38.8 Å². The first kappa shape index (κ1) is 15.3. The van der Waals surface area contributed by atoms with Crippen molar-refractivity contribution in [2.45, 2.75) is 32.6 Å². The zero-order valence-corrected chi connectivity index (χ0v) is 12.3. The van der Waals surface area contributed by atoms with Crippen molar-refractivity contribution in [1.82, 2.24) is 4.90 Å². The number of carbonyl (C=O) groups excluding carboxylic acids is 1. The van der Waals surface area contributed by atoms with Gasteiger partial charge in [0.15, 0.2) is 0 Å². The summed E-state index contributed by atoms with van der Waals surface area (Å²) in [5.41, 5.74) is 0.828. The molecule has 0 bridgehead atoms. The lowest BCUT2D eigenvalue weighted by Gasteiger charge is -2.26. The molecule has 0 spiro atoms. The van der Waals surface area contributed by atoms with Crippen LogP contribution in [-0.2, 0) is 0 Å². The topological polar surface area (TPSA) is 75.5 Å². The molecule has 6 nitrogen and oxygen atoms in total. The first-order valence-electron chi connectivity index (χ1n) is 7.45. The maximum Gasteiger partial charge on any atom is 0.293 e. The Hall–Kier alpha value is -2.11. The maximum absolute atomic E-state index is 12.4. The number of nitro benzene ring substituents is 1. The van der Waals surface area contributed by atoms with Crippen LogP contribution in [0.2, 0.25) is 0 Å². The molecular weight excluding hydrogens is 270 g/mol. The summed E-state index contributed by atoms with van der Waals surface area (Å²) in [5, 5.41) is 14.2. The van der Waals surface area contributed by atoms with Gasteiger partial charge in [-0.1, -0.05) is 6.92 Å². The SMILES string of the molecule is CCCNc1ccc(C(=O)N2CCCCC2)cc1[N+](=O)[O-]. The molecule has 0 aromatic heterocycles. The highest BCUT2D eigenvalue weighted by atomic mass is 16.6. The van der Waals surface area contributed by atoms with Gasteiger partial charge in [0.1, 0.15) is 5.69 Å². The quantitative estimate of drug-likeness (QED) is 0.668. The largest absolute Gasteiger partial charge is 0.380 e. The van der Waals surface area contributed by atoms with E-state index in [9.17, 15) is 14.9 Å². The molecule has 1 N–H and O–H groups in total. The molecule has 1 heterocycles. The highest BCUT2D eigenvalue weighted by Gasteiger charge is 2.22. The second kappa shape index (κ2) is 7.06. The lowest BCUT2D eigenvalue weighted by atomic mass is 10.1. The summed E-state index contributed by atoms with van der Waals surface area (Å²) in [5.74, 6) is -0.111. The molecule has 1 aliphatic rings. The summed E-state index contributed by atoms with van der Waals surface area (Å²) in [6.45, 7) is 4.14. The number of nitro groups is 1. The lowest BCUT2D eigenvalue weighted by molar-refractivity contribution is -0.384. The third-order valence-corrected chi connectivity index (χ3v) is 3.65. The number of nitrogens with one attached hydrogen (secondary N) is 1. The Morgan fingerprint density at radius 3 is 2.67 bits per heavy atom. The van der Waals surface area contributed by atoms with Gasteiger partial charge in [-0.15, -0.1) is 0 Å². The Labute approximate surface area is 124 Å². The third kappa shape index (κ3) is 3.71. The first-order valence-corrected chi connectivity index (χ1v) is 7.45. The van der Waals surface area contributed by atoms with E-state index >= 15 is 0 Å². The minimum atomic E-state index is -0.440. The van der Waals surface area contributed by atoms with Crippen LogP contribution >= 0.6 is 0 Å². The van der Waals surface area contributed by atoms with Gasteiger partial charge < -0.3 is 10.2 Å². The van der Waals surface area contributed by atoms with Gasteiger partial charge in [-0.3, -0.25) is 14.9 Å². The fourth-order valence-corrected chi connectivity index (χ4v) is 2.50. The van der Waals surface area contributed by atoms with Gasteiger partial charge in [0.25, 0.3) is 11.6 Å². The van der Waals surface area contributed by atoms with Gasteiger partial charge in [-0.25, -0.2) is 0 Å². The standard InChI is InChI=1S/C15H21N3O3/c1-2-8-16-13-7-6-12(11-14(13)18(20)21)15(19)17-9-4-3-5-10-17/h6-7,11,16H,2-5,8-10H2,1H3. The fraction of sp³-hybridized carbons (Fsp3) is 0.533. The van der Waals surface area contributed by atoms with E-state index in [2.05, 4.69) is 5.32 Å². The number of anilines is 1. The Bertz CT molecular complexity index is 525. The predicted octanol–water partition coefficient (Wildman–Crippen LogP) is 3.04. The lowest BCUT2D eigenvalue weighted by Crippen LogP contribution is -2.35. The number of nitrogens with zero attached hydrogens (tertiary/aromatic N) is 2. The fourth-order valence-electron chi connectivity index (χ4n) is 2.50. The molecule has 21 heavy (non-hydrogen) atoms. The minimum Gasteiger partial charge on any atom is -0.380 e. The Morgan fingerprint density at radius 2 is 2.05 bits per heavy atom. The van der Waals surface area contributed by atoms with Crippen LogP contribution in [0.25, 0.3) is 0 Å². The summed E-state index contributed by atoms with van der Waals surface area (Å²) in [4.78, 5) is 24.9. The number of hydrogen-bond donors (Lipinski definition) is 1. The normalized spacial score (nSPS) is 14.8. The molecule has 1 aromatic rings. The van der Waals surface area contributed by atoms with Crippen molar-refractivity contribution in [2.24, 2.45) is 0 Å². The second-order valence-corrected chi connectivity index (χ2v) is 5.27.